The summed E-state index contributed by atoms with van der Waals surface area (Å²) in [7, 11) is -3.97. The third-order valence-corrected chi connectivity index (χ3v) is 3.06. The van der Waals surface area contributed by atoms with Gasteiger partial charge in [-0.05, 0) is 39.0 Å². The fourth-order valence-corrected chi connectivity index (χ4v) is 2.11. The molecule has 0 aliphatic carbocycles. The van der Waals surface area contributed by atoms with E-state index in [0.717, 1.165) is 6.07 Å². The molecular weight excluding hydrogens is 270 g/mol. The van der Waals surface area contributed by atoms with E-state index in [2.05, 4.69) is 0 Å². The second-order valence-electron chi connectivity index (χ2n) is 4.09. The van der Waals surface area contributed by atoms with Crippen LogP contribution >= 0.6 is 0 Å². The molecule has 0 unspecified atom stereocenters. The quantitative estimate of drug-likeness (QED) is 0.823. The lowest BCUT2D eigenvalue weighted by Crippen LogP contribution is -2.16. The maximum absolute atomic E-state index is 11.7. The molecule has 19 heavy (non-hydrogen) atoms. The lowest BCUT2D eigenvalue weighted by molar-refractivity contribution is 0.0377. The van der Waals surface area contributed by atoms with E-state index in [1.165, 1.54) is 12.1 Å². The molecule has 6 nitrogen and oxygen atoms in total. The summed E-state index contributed by atoms with van der Waals surface area (Å²) < 4.78 is 33.1. The van der Waals surface area contributed by atoms with Gasteiger partial charge in [0.1, 0.15) is 10.6 Å². The van der Waals surface area contributed by atoms with Gasteiger partial charge in [-0.3, -0.25) is 0 Å². The topological polar surface area (TPSA) is 95.7 Å². The lowest BCUT2D eigenvalue weighted by Gasteiger charge is -2.11. The van der Waals surface area contributed by atoms with Crippen molar-refractivity contribution in [3.63, 3.8) is 0 Å². The van der Waals surface area contributed by atoms with Crippen molar-refractivity contribution in [3.8, 4) is 5.75 Å². The molecule has 1 aromatic carbocycles. The molecule has 0 heterocycles. The number of nitrogens with two attached hydrogens (primary N) is 1. The molecule has 1 aromatic rings. The number of hydrogen-bond acceptors (Lipinski definition) is 5. The maximum atomic E-state index is 11.7. The summed E-state index contributed by atoms with van der Waals surface area (Å²) in [4.78, 5) is 11.5. The number of carbonyl (C=O) groups is 1. The van der Waals surface area contributed by atoms with Crippen LogP contribution in [0.2, 0.25) is 0 Å². The Kier molecular flexibility index (Phi) is 4.90. The number of sulfonamides is 1. The highest BCUT2D eigenvalue weighted by atomic mass is 32.2. The Balaban J connectivity index is 3.22. The van der Waals surface area contributed by atoms with Crippen LogP contribution in [0.1, 0.15) is 31.1 Å². The van der Waals surface area contributed by atoms with Gasteiger partial charge in [0, 0.05) is 0 Å². The van der Waals surface area contributed by atoms with Gasteiger partial charge >= 0.3 is 5.97 Å². The molecule has 0 fully saturated rings. The van der Waals surface area contributed by atoms with Gasteiger partial charge in [0.15, 0.2) is 0 Å². The predicted molar refractivity (Wildman–Crippen MR) is 69.5 cm³/mol. The molecule has 0 saturated heterocycles. The number of esters is 1. The van der Waals surface area contributed by atoms with Gasteiger partial charge in [0.25, 0.3) is 0 Å². The lowest BCUT2D eigenvalue weighted by atomic mass is 10.2. The van der Waals surface area contributed by atoms with Crippen LogP contribution in [0.15, 0.2) is 23.1 Å². The Morgan fingerprint density at radius 1 is 1.37 bits per heavy atom. The molecule has 0 atom stereocenters. The van der Waals surface area contributed by atoms with Crippen LogP contribution in [-0.4, -0.2) is 27.1 Å². The van der Waals surface area contributed by atoms with Crippen LogP contribution in [0.5, 0.6) is 5.75 Å². The fourth-order valence-electron chi connectivity index (χ4n) is 1.41. The Morgan fingerprint density at radius 3 is 2.47 bits per heavy atom. The molecule has 1 rings (SSSR count). The molecule has 0 aliphatic heterocycles. The van der Waals surface area contributed by atoms with Crippen molar-refractivity contribution < 1.29 is 22.7 Å². The highest BCUT2D eigenvalue weighted by Gasteiger charge is 2.19. The molecule has 0 radical (unpaired) electrons. The van der Waals surface area contributed by atoms with Crippen molar-refractivity contribution in [2.45, 2.75) is 31.8 Å². The average molecular weight is 287 g/mol. The highest BCUT2D eigenvalue weighted by Crippen LogP contribution is 2.24. The summed E-state index contributed by atoms with van der Waals surface area (Å²) >= 11 is 0. The van der Waals surface area contributed by atoms with Gasteiger partial charge in [0.2, 0.25) is 10.0 Å². The Labute approximate surface area is 112 Å². The maximum Gasteiger partial charge on any atom is 0.338 e. The van der Waals surface area contributed by atoms with Gasteiger partial charge in [-0.25, -0.2) is 18.4 Å². The molecule has 0 spiro atoms. The van der Waals surface area contributed by atoms with Crippen molar-refractivity contribution in [2.75, 3.05) is 6.61 Å². The van der Waals surface area contributed by atoms with E-state index in [-0.39, 0.29) is 28.9 Å². The van der Waals surface area contributed by atoms with Crippen molar-refractivity contribution in [3.05, 3.63) is 23.8 Å². The Hall–Kier alpha value is -1.60. The normalized spacial score (nSPS) is 11.4. The first-order valence-electron chi connectivity index (χ1n) is 5.76. The van der Waals surface area contributed by atoms with E-state index in [1.54, 1.807) is 20.8 Å². The van der Waals surface area contributed by atoms with Crippen molar-refractivity contribution in [2.24, 2.45) is 5.14 Å². The van der Waals surface area contributed by atoms with Crippen molar-refractivity contribution in [1.29, 1.82) is 0 Å². The first-order chi connectivity index (χ1) is 8.75. The van der Waals surface area contributed by atoms with E-state index in [4.69, 9.17) is 14.6 Å². The number of rotatable bonds is 5. The van der Waals surface area contributed by atoms with Crippen LogP contribution in [-0.2, 0) is 14.8 Å². The summed E-state index contributed by atoms with van der Waals surface area (Å²) in [6.07, 6.45) is -0.294. The minimum Gasteiger partial charge on any atom is -0.492 e. The SMILES string of the molecule is CCOc1ccc(C(=O)OC(C)C)cc1S(N)(=O)=O. The molecular formula is C12H17NO5S. The van der Waals surface area contributed by atoms with Gasteiger partial charge in [0.05, 0.1) is 18.3 Å². The number of benzene rings is 1. The van der Waals surface area contributed by atoms with Crippen LogP contribution in [0.3, 0.4) is 0 Å². The smallest absolute Gasteiger partial charge is 0.338 e. The predicted octanol–water partition coefficient (Wildman–Crippen LogP) is 1.30. The van der Waals surface area contributed by atoms with Crippen LogP contribution in [0, 0.1) is 0 Å². The summed E-state index contributed by atoms with van der Waals surface area (Å²) in [6, 6.07) is 3.98. The number of carbonyl (C=O) groups excluding carboxylic acids is 1. The molecule has 0 aromatic heterocycles. The average Bonchev–Trinajstić information content (AvgIpc) is 2.27. The third-order valence-electron chi connectivity index (χ3n) is 2.13. The van der Waals surface area contributed by atoms with E-state index in [9.17, 15) is 13.2 Å². The largest absolute Gasteiger partial charge is 0.492 e. The number of primary sulfonamides is 1. The first-order valence-corrected chi connectivity index (χ1v) is 7.31. The van der Waals surface area contributed by atoms with Crippen molar-refractivity contribution >= 4 is 16.0 Å². The number of hydrogen-bond donors (Lipinski definition) is 1. The van der Waals surface area contributed by atoms with Crippen molar-refractivity contribution in [1.82, 2.24) is 0 Å². The summed E-state index contributed by atoms with van der Waals surface area (Å²) in [5.41, 5.74) is 0.112. The van der Waals surface area contributed by atoms with Gasteiger partial charge in [-0.1, -0.05) is 0 Å². The minimum atomic E-state index is -3.97. The molecule has 0 amide bonds. The highest BCUT2D eigenvalue weighted by molar-refractivity contribution is 7.89. The van der Waals surface area contributed by atoms with Crippen LogP contribution in [0.25, 0.3) is 0 Å². The monoisotopic (exact) mass is 287 g/mol. The van der Waals surface area contributed by atoms with E-state index in [0.29, 0.717) is 0 Å². The fraction of sp³-hybridized carbons (Fsp3) is 0.417. The van der Waals surface area contributed by atoms with Gasteiger partial charge < -0.3 is 9.47 Å². The minimum absolute atomic E-state index is 0.112. The molecule has 0 bridgehead atoms. The Morgan fingerprint density at radius 2 is 2.00 bits per heavy atom. The molecule has 7 heteroatoms. The van der Waals surface area contributed by atoms with E-state index in [1.807, 2.05) is 0 Å². The zero-order chi connectivity index (χ0) is 14.6. The molecule has 2 N–H and O–H groups in total. The summed E-state index contributed by atoms with van der Waals surface area (Å²) in [6.45, 7) is 5.41. The standard InChI is InChI=1S/C12H17NO5S/c1-4-17-10-6-5-9(12(14)18-8(2)3)7-11(10)19(13,15)16/h5-8H,4H2,1-3H3,(H2,13,15,16). The summed E-state index contributed by atoms with van der Waals surface area (Å²) in [5, 5.41) is 5.10. The molecule has 0 aliphatic rings. The van der Waals surface area contributed by atoms with Crippen LogP contribution in [0.4, 0.5) is 0 Å². The third kappa shape index (κ3) is 4.22. The Bertz CT molecular complexity index is 565. The second-order valence-corrected chi connectivity index (χ2v) is 5.62. The molecule has 0 saturated carbocycles. The summed E-state index contributed by atoms with van der Waals surface area (Å²) in [5.74, 6) is -0.492. The van der Waals surface area contributed by atoms with Crippen LogP contribution < -0.4 is 9.88 Å². The zero-order valence-electron chi connectivity index (χ0n) is 11.0. The van der Waals surface area contributed by atoms with Gasteiger partial charge in [-0.2, -0.15) is 0 Å². The van der Waals surface area contributed by atoms with E-state index >= 15 is 0 Å². The first kappa shape index (κ1) is 15.5. The van der Waals surface area contributed by atoms with Gasteiger partial charge in [-0.15, -0.1) is 0 Å². The second kappa shape index (κ2) is 6.03. The van der Waals surface area contributed by atoms with E-state index < -0.39 is 16.0 Å². The zero-order valence-corrected chi connectivity index (χ0v) is 11.9. The number of ether oxygens (including phenoxy) is 2. The molecule has 106 valence electrons.